The van der Waals surface area contributed by atoms with Gasteiger partial charge in [0.05, 0.1) is 19.8 Å². The van der Waals surface area contributed by atoms with Gasteiger partial charge in [-0.1, -0.05) is 0 Å². The number of hydrogen-bond donors (Lipinski definition) is 1. The highest BCUT2D eigenvalue weighted by molar-refractivity contribution is 5.96. The maximum Gasteiger partial charge on any atom is 0.339 e. The van der Waals surface area contributed by atoms with Gasteiger partial charge in [-0.25, -0.2) is 9.59 Å². The van der Waals surface area contributed by atoms with Crippen LogP contribution in [-0.2, 0) is 4.74 Å². The first kappa shape index (κ1) is 11.0. The Labute approximate surface area is 86.2 Å². The summed E-state index contributed by atoms with van der Waals surface area (Å²) in [6.45, 7) is 0. The van der Waals surface area contributed by atoms with Gasteiger partial charge in [-0.2, -0.15) is 0 Å². The highest BCUT2D eigenvalue weighted by Crippen LogP contribution is 2.20. The SMILES string of the molecule is COC(=O)c1ccc(OC)c(C(=O)O)c1. The molecule has 0 unspecified atom stereocenters. The molecule has 5 nitrogen and oxygen atoms in total. The summed E-state index contributed by atoms with van der Waals surface area (Å²) in [5.41, 5.74) is 0.108. The summed E-state index contributed by atoms with van der Waals surface area (Å²) in [6.07, 6.45) is 0. The molecule has 0 aliphatic carbocycles. The lowest BCUT2D eigenvalue weighted by atomic mass is 10.1. The first-order valence-corrected chi connectivity index (χ1v) is 4.09. The summed E-state index contributed by atoms with van der Waals surface area (Å²) in [5.74, 6) is -1.53. The molecule has 80 valence electrons. The van der Waals surface area contributed by atoms with Gasteiger partial charge in [0.15, 0.2) is 0 Å². The zero-order valence-electron chi connectivity index (χ0n) is 8.31. The molecular formula is C10H10O5. The Morgan fingerprint density at radius 2 is 1.93 bits per heavy atom. The molecule has 0 spiro atoms. The van der Waals surface area contributed by atoms with Crippen molar-refractivity contribution in [1.29, 1.82) is 0 Å². The van der Waals surface area contributed by atoms with E-state index in [2.05, 4.69) is 4.74 Å². The largest absolute Gasteiger partial charge is 0.496 e. The van der Waals surface area contributed by atoms with Crippen molar-refractivity contribution >= 4 is 11.9 Å². The molecule has 0 aromatic heterocycles. The number of aromatic carboxylic acids is 1. The maximum absolute atomic E-state index is 11.1. The number of rotatable bonds is 3. The monoisotopic (exact) mass is 210 g/mol. The second kappa shape index (κ2) is 4.45. The van der Waals surface area contributed by atoms with Crippen LogP contribution in [0.1, 0.15) is 20.7 Å². The fraction of sp³-hybridized carbons (Fsp3) is 0.200. The predicted octanol–water partition coefficient (Wildman–Crippen LogP) is 1.18. The Bertz CT molecular complexity index is 397. The smallest absolute Gasteiger partial charge is 0.339 e. The number of hydrogen-bond acceptors (Lipinski definition) is 4. The van der Waals surface area contributed by atoms with Crippen LogP contribution in [0.3, 0.4) is 0 Å². The highest BCUT2D eigenvalue weighted by Gasteiger charge is 2.14. The van der Waals surface area contributed by atoms with E-state index in [9.17, 15) is 9.59 Å². The fourth-order valence-corrected chi connectivity index (χ4v) is 1.12. The number of carbonyl (C=O) groups is 2. The minimum Gasteiger partial charge on any atom is -0.496 e. The molecule has 0 heterocycles. The van der Waals surface area contributed by atoms with Gasteiger partial charge >= 0.3 is 11.9 Å². The quantitative estimate of drug-likeness (QED) is 0.758. The van der Waals surface area contributed by atoms with Gasteiger partial charge in [0, 0.05) is 0 Å². The first-order valence-electron chi connectivity index (χ1n) is 4.09. The van der Waals surface area contributed by atoms with E-state index < -0.39 is 11.9 Å². The van der Waals surface area contributed by atoms with E-state index in [-0.39, 0.29) is 16.9 Å². The van der Waals surface area contributed by atoms with E-state index in [1.807, 2.05) is 0 Å². The van der Waals surface area contributed by atoms with E-state index in [0.29, 0.717) is 0 Å². The summed E-state index contributed by atoms with van der Waals surface area (Å²) in [7, 11) is 2.59. The molecule has 1 aromatic rings. The summed E-state index contributed by atoms with van der Waals surface area (Å²) in [4.78, 5) is 21.9. The van der Waals surface area contributed by atoms with Crippen LogP contribution in [0.2, 0.25) is 0 Å². The number of carboxylic acids is 1. The molecule has 0 radical (unpaired) electrons. The van der Waals surface area contributed by atoms with Crippen LogP contribution in [0.5, 0.6) is 5.75 Å². The third-order valence-corrected chi connectivity index (χ3v) is 1.85. The Hall–Kier alpha value is -2.04. The van der Waals surface area contributed by atoms with Crippen LogP contribution in [0, 0.1) is 0 Å². The third-order valence-electron chi connectivity index (χ3n) is 1.85. The fourth-order valence-electron chi connectivity index (χ4n) is 1.12. The van der Waals surface area contributed by atoms with E-state index in [4.69, 9.17) is 9.84 Å². The summed E-state index contributed by atoms with van der Waals surface area (Å²) >= 11 is 0. The second-order valence-corrected chi connectivity index (χ2v) is 2.71. The van der Waals surface area contributed by atoms with Crippen molar-refractivity contribution < 1.29 is 24.2 Å². The molecule has 0 bridgehead atoms. The van der Waals surface area contributed by atoms with Gasteiger partial charge in [-0.05, 0) is 18.2 Å². The van der Waals surface area contributed by atoms with Crippen molar-refractivity contribution in [3.8, 4) is 5.75 Å². The molecule has 1 aromatic carbocycles. The normalized spacial score (nSPS) is 9.47. The molecule has 1 rings (SSSR count). The topological polar surface area (TPSA) is 72.8 Å². The van der Waals surface area contributed by atoms with Gasteiger partial charge < -0.3 is 14.6 Å². The molecule has 0 aliphatic rings. The van der Waals surface area contributed by atoms with E-state index in [1.165, 1.54) is 32.4 Å². The molecule has 0 saturated heterocycles. The lowest BCUT2D eigenvalue weighted by Crippen LogP contribution is -2.06. The minimum atomic E-state index is -1.15. The van der Waals surface area contributed by atoms with Gasteiger partial charge in [-0.15, -0.1) is 0 Å². The minimum absolute atomic E-state index is 0.0691. The lowest BCUT2D eigenvalue weighted by Gasteiger charge is -2.06. The van der Waals surface area contributed by atoms with Gasteiger partial charge in [0.2, 0.25) is 0 Å². The molecule has 15 heavy (non-hydrogen) atoms. The lowest BCUT2D eigenvalue weighted by molar-refractivity contribution is 0.0600. The number of carbonyl (C=O) groups excluding carboxylic acids is 1. The average Bonchev–Trinajstić information content (AvgIpc) is 2.27. The Morgan fingerprint density at radius 3 is 2.40 bits per heavy atom. The van der Waals surface area contributed by atoms with Crippen LogP contribution in [0.15, 0.2) is 18.2 Å². The van der Waals surface area contributed by atoms with Crippen molar-refractivity contribution in [2.24, 2.45) is 0 Å². The summed E-state index contributed by atoms with van der Waals surface area (Å²) in [5, 5.41) is 8.84. The van der Waals surface area contributed by atoms with E-state index in [0.717, 1.165) is 0 Å². The number of esters is 1. The van der Waals surface area contributed by atoms with Gasteiger partial charge in [-0.3, -0.25) is 0 Å². The molecule has 0 atom stereocenters. The highest BCUT2D eigenvalue weighted by atomic mass is 16.5. The Balaban J connectivity index is 3.22. The Morgan fingerprint density at radius 1 is 1.27 bits per heavy atom. The van der Waals surface area contributed by atoms with Crippen LogP contribution >= 0.6 is 0 Å². The molecule has 5 heteroatoms. The predicted molar refractivity (Wildman–Crippen MR) is 51.3 cm³/mol. The van der Waals surface area contributed by atoms with Crippen molar-refractivity contribution in [1.82, 2.24) is 0 Å². The van der Waals surface area contributed by atoms with Crippen LogP contribution in [0.25, 0.3) is 0 Å². The van der Waals surface area contributed by atoms with Crippen molar-refractivity contribution in [3.63, 3.8) is 0 Å². The molecule has 1 N–H and O–H groups in total. The second-order valence-electron chi connectivity index (χ2n) is 2.71. The molecule has 0 aliphatic heterocycles. The Kier molecular flexibility index (Phi) is 3.28. The van der Waals surface area contributed by atoms with Crippen LogP contribution in [-0.4, -0.2) is 31.3 Å². The van der Waals surface area contributed by atoms with Crippen LogP contribution in [0.4, 0.5) is 0 Å². The number of carboxylic acid groups (broad SMARTS) is 1. The average molecular weight is 210 g/mol. The number of ether oxygens (including phenoxy) is 2. The zero-order valence-corrected chi connectivity index (χ0v) is 8.31. The van der Waals surface area contributed by atoms with Crippen molar-refractivity contribution in [2.45, 2.75) is 0 Å². The summed E-state index contributed by atoms with van der Waals surface area (Å²) in [6, 6.07) is 4.07. The molecular weight excluding hydrogens is 200 g/mol. The third kappa shape index (κ3) is 2.25. The van der Waals surface area contributed by atoms with Gasteiger partial charge in [0.25, 0.3) is 0 Å². The first-order chi connectivity index (χ1) is 7.10. The molecule has 0 fully saturated rings. The number of methoxy groups -OCH3 is 2. The van der Waals surface area contributed by atoms with Gasteiger partial charge in [0.1, 0.15) is 11.3 Å². The summed E-state index contributed by atoms with van der Waals surface area (Å²) < 4.78 is 9.31. The molecule has 0 saturated carbocycles. The van der Waals surface area contributed by atoms with Crippen molar-refractivity contribution in [2.75, 3.05) is 14.2 Å². The van der Waals surface area contributed by atoms with Crippen LogP contribution < -0.4 is 4.74 Å². The van der Waals surface area contributed by atoms with E-state index >= 15 is 0 Å². The molecule has 0 amide bonds. The zero-order chi connectivity index (χ0) is 11.4. The number of benzene rings is 1. The standard InChI is InChI=1S/C10H10O5/c1-14-8-4-3-6(10(13)15-2)5-7(8)9(11)12/h3-5H,1-2H3,(H,11,12). The van der Waals surface area contributed by atoms with E-state index in [1.54, 1.807) is 0 Å². The maximum atomic E-state index is 11.1. The van der Waals surface area contributed by atoms with Crippen molar-refractivity contribution in [3.05, 3.63) is 29.3 Å².